The van der Waals surface area contributed by atoms with Crippen molar-refractivity contribution < 1.29 is 19.5 Å². The lowest BCUT2D eigenvalue weighted by Gasteiger charge is -2.24. The Kier molecular flexibility index (Phi) is 9.16. The topological polar surface area (TPSA) is 120 Å². The average molecular weight is 316 g/mol. The van der Waals surface area contributed by atoms with Gasteiger partial charge in [-0.15, -0.1) is 0 Å². The number of carbonyl (C=O) groups excluding carboxylic acids is 2. The number of carbonyl (C=O) groups is 3. The third-order valence-electron chi connectivity index (χ3n) is 2.91. The monoisotopic (exact) mass is 316 g/mol. The van der Waals surface area contributed by atoms with E-state index in [2.05, 4.69) is 21.5 Å². The highest BCUT2D eigenvalue weighted by atomic mass is 16.4. The summed E-state index contributed by atoms with van der Waals surface area (Å²) in [7, 11) is 1.56. The van der Waals surface area contributed by atoms with Crippen LogP contribution in [0.4, 0.5) is 4.79 Å². The predicted molar refractivity (Wildman–Crippen MR) is 83.0 cm³/mol. The third kappa shape index (κ3) is 8.46. The maximum atomic E-state index is 12.3. The van der Waals surface area contributed by atoms with Crippen molar-refractivity contribution in [1.82, 2.24) is 21.5 Å². The molecule has 0 aliphatic heterocycles. The molecule has 0 heterocycles. The van der Waals surface area contributed by atoms with Crippen LogP contribution in [-0.2, 0) is 9.59 Å². The Morgan fingerprint density at radius 3 is 1.68 bits per heavy atom. The van der Waals surface area contributed by atoms with E-state index in [0.29, 0.717) is 12.8 Å². The fraction of sp³-hybridized carbons (Fsp3) is 0.786. The molecule has 0 bridgehead atoms. The highest BCUT2D eigenvalue weighted by Crippen LogP contribution is 2.08. The van der Waals surface area contributed by atoms with Crippen LogP contribution in [0, 0.1) is 11.8 Å². The minimum Gasteiger partial charge on any atom is -0.465 e. The van der Waals surface area contributed by atoms with Gasteiger partial charge in [-0.25, -0.2) is 10.2 Å². The van der Waals surface area contributed by atoms with Gasteiger partial charge in [0.1, 0.15) is 12.1 Å². The fourth-order valence-corrected chi connectivity index (χ4v) is 2.04. The Balaban J connectivity index is 4.92. The summed E-state index contributed by atoms with van der Waals surface area (Å²) >= 11 is 0. The zero-order valence-electron chi connectivity index (χ0n) is 13.9. The lowest BCUT2D eigenvalue weighted by Crippen LogP contribution is -2.55. The molecule has 8 heteroatoms. The number of hydrazine groups is 1. The molecule has 3 amide bonds. The molecule has 0 rings (SSSR count). The number of hydrogen-bond acceptors (Lipinski definition) is 4. The van der Waals surface area contributed by atoms with E-state index in [1.54, 1.807) is 7.05 Å². The molecule has 128 valence electrons. The summed E-state index contributed by atoms with van der Waals surface area (Å²) in [6, 6.07) is -1.60. The minimum atomic E-state index is -1.26. The molecule has 0 aliphatic carbocycles. The van der Waals surface area contributed by atoms with Crippen molar-refractivity contribution in [1.29, 1.82) is 0 Å². The third-order valence-corrected chi connectivity index (χ3v) is 2.91. The molecule has 8 nitrogen and oxygen atoms in total. The van der Waals surface area contributed by atoms with Crippen LogP contribution in [0.2, 0.25) is 0 Å². The second-order valence-corrected chi connectivity index (χ2v) is 6.06. The molecule has 0 spiro atoms. The first-order chi connectivity index (χ1) is 10.2. The lowest BCUT2D eigenvalue weighted by atomic mass is 10.0. The molecule has 2 atom stereocenters. The first-order valence-corrected chi connectivity index (χ1v) is 7.43. The molecule has 0 aromatic carbocycles. The van der Waals surface area contributed by atoms with Crippen LogP contribution in [0.3, 0.4) is 0 Å². The molecule has 0 aromatic heterocycles. The molecule has 0 saturated heterocycles. The highest BCUT2D eigenvalue weighted by molar-refractivity contribution is 5.90. The van der Waals surface area contributed by atoms with E-state index >= 15 is 0 Å². The van der Waals surface area contributed by atoms with Crippen LogP contribution >= 0.6 is 0 Å². The molecule has 0 aromatic rings. The first kappa shape index (κ1) is 20.2. The maximum absolute atomic E-state index is 12.3. The first-order valence-electron chi connectivity index (χ1n) is 7.43. The van der Waals surface area contributed by atoms with Gasteiger partial charge in [-0.05, 0) is 24.7 Å². The zero-order chi connectivity index (χ0) is 17.3. The quantitative estimate of drug-likeness (QED) is 0.396. The Bertz CT molecular complexity index is 385. The molecule has 5 N–H and O–H groups in total. The highest BCUT2D eigenvalue weighted by Gasteiger charge is 2.27. The summed E-state index contributed by atoms with van der Waals surface area (Å²) < 4.78 is 0. The summed E-state index contributed by atoms with van der Waals surface area (Å²) in [6.45, 7) is 7.66. The molecule has 0 aliphatic rings. The van der Waals surface area contributed by atoms with Gasteiger partial charge in [0.2, 0.25) is 5.91 Å². The summed E-state index contributed by atoms with van der Waals surface area (Å²) in [5, 5.41) is 13.7. The molecule has 0 radical (unpaired) electrons. The van der Waals surface area contributed by atoms with Crippen LogP contribution in [0.15, 0.2) is 0 Å². The van der Waals surface area contributed by atoms with Crippen molar-refractivity contribution in [3.05, 3.63) is 0 Å². The Labute approximate surface area is 131 Å². The number of carboxylic acid groups (broad SMARTS) is 1. The van der Waals surface area contributed by atoms with Gasteiger partial charge in [0.25, 0.3) is 5.91 Å². The SMILES string of the molecule is CNNC(=O)[C@H](CC(C)C)NC(=O)[C@H](CC(C)C)NC(=O)O. The normalized spacial score (nSPS) is 13.6. The van der Waals surface area contributed by atoms with Gasteiger partial charge < -0.3 is 15.7 Å². The van der Waals surface area contributed by atoms with Crippen LogP contribution in [0.5, 0.6) is 0 Å². The van der Waals surface area contributed by atoms with Crippen LogP contribution in [-0.4, -0.2) is 42.1 Å². The van der Waals surface area contributed by atoms with Crippen molar-refractivity contribution in [2.45, 2.75) is 52.6 Å². The number of rotatable bonds is 9. The van der Waals surface area contributed by atoms with Gasteiger partial charge in [-0.3, -0.25) is 15.0 Å². The molecule has 0 fully saturated rings. The van der Waals surface area contributed by atoms with Gasteiger partial charge in [0, 0.05) is 7.05 Å². The molecule has 22 heavy (non-hydrogen) atoms. The van der Waals surface area contributed by atoms with Crippen molar-refractivity contribution in [2.75, 3.05) is 7.05 Å². The van der Waals surface area contributed by atoms with Gasteiger partial charge in [0.05, 0.1) is 0 Å². The number of nitrogens with one attached hydrogen (secondary N) is 4. The Morgan fingerprint density at radius 2 is 1.32 bits per heavy atom. The average Bonchev–Trinajstić information content (AvgIpc) is 2.35. The van der Waals surface area contributed by atoms with Crippen molar-refractivity contribution in [3.8, 4) is 0 Å². The summed E-state index contributed by atoms with van der Waals surface area (Å²) in [4.78, 5) is 35.0. The molecule has 0 unspecified atom stereocenters. The number of amides is 3. The van der Waals surface area contributed by atoms with E-state index in [4.69, 9.17) is 5.11 Å². The van der Waals surface area contributed by atoms with Crippen LogP contribution in [0.25, 0.3) is 0 Å². The maximum Gasteiger partial charge on any atom is 0.405 e. The van der Waals surface area contributed by atoms with Crippen LogP contribution in [0.1, 0.15) is 40.5 Å². The van der Waals surface area contributed by atoms with Gasteiger partial charge in [0.15, 0.2) is 0 Å². The lowest BCUT2D eigenvalue weighted by molar-refractivity contribution is -0.131. The predicted octanol–water partition coefficient (Wildman–Crippen LogP) is 0.450. The largest absolute Gasteiger partial charge is 0.465 e. The Hall–Kier alpha value is -1.83. The van der Waals surface area contributed by atoms with E-state index in [-0.39, 0.29) is 17.7 Å². The summed E-state index contributed by atoms with van der Waals surface area (Å²) in [5.41, 5.74) is 4.96. The van der Waals surface area contributed by atoms with Crippen molar-refractivity contribution in [3.63, 3.8) is 0 Å². The van der Waals surface area contributed by atoms with E-state index < -0.39 is 24.1 Å². The standard InChI is InChI=1S/C14H28N4O4/c1-8(2)6-10(17-14(21)22)12(19)16-11(7-9(3)4)13(20)18-15-5/h8-11,15,17H,6-7H2,1-5H3,(H,16,19)(H,18,20)(H,21,22)/t10-,11-/m0/s1. The van der Waals surface area contributed by atoms with E-state index in [1.165, 1.54) is 0 Å². The number of hydrogen-bond donors (Lipinski definition) is 5. The fourth-order valence-electron chi connectivity index (χ4n) is 2.04. The second kappa shape index (κ2) is 9.99. The van der Waals surface area contributed by atoms with Crippen LogP contribution < -0.4 is 21.5 Å². The van der Waals surface area contributed by atoms with Gasteiger partial charge in [-0.1, -0.05) is 27.7 Å². The summed E-state index contributed by atoms with van der Waals surface area (Å²) in [5.74, 6) is -0.516. The smallest absolute Gasteiger partial charge is 0.405 e. The van der Waals surface area contributed by atoms with Crippen molar-refractivity contribution >= 4 is 17.9 Å². The Morgan fingerprint density at radius 1 is 0.864 bits per heavy atom. The molecular weight excluding hydrogens is 288 g/mol. The van der Waals surface area contributed by atoms with E-state index in [9.17, 15) is 14.4 Å². The van der Waals surface area contributed by atoms with E-state index in [0.717, 1.165) is 0 Å². The zero-order valence-corrected chi connectivity index (χ0v) is 13.9. The second-order valence-electron chi connectivity index (χ2n) is 6.06. The van der Waals surface area contributed by atoms with Gasteiger partial charge in [-0.2, -0.15) is 0 Å². The van der Waals surface area contributed by atoms with E-state index in [1.807, 2.05) is 27.7 Å². The minimum absolute atomic E-state index is 0.136. The molecular formula is C14H28N4O4. The molecule has 0 saturated carbocycles. The van der Waals surface area contributed by atoms with Crippen molar-refractivity contribution in [2.24, 2.45) is 11.8 Å². The van der Waals surface area contributed by atoms with Gasteiger partial charge >= 0.3 is 6.09 Å². The summed E-state index contributed by atoms with van der Waals surface area (Å²) in [6.07, 6.45) is -0.443.